The van der Waals surface area contributed by atoms with Gasteiger partial charge in [-0.1, -0.05) is 43.9 Å². The van der Waals surface area contributed by atoms with E-state index >= 15 is 0 Å². The van der Waals surface area contributed by atoms with Crippen molar-refractivity contribution < 1.29 is 9.59 Å². The minimum atomic E-state index is -0.557. The van der Waals surface area contributed by atoms with Crippen LogP contribution in [0.5, 0.6) is 0 Å². The van der Waals surface area contributed by atoms with E-state index in [1.807, 2.05) is 26.0 Å². The topological polar surface area (TPSA) is 120 Å². The van der Waals surface area contributed by atoms with Crippen LogP contribution in [-0.4, -0.2) is 36.6 Å². The van der Waals surface area contributed by atoms with Crippen LogP contribution >= 0.6 is 0 Å². The van der Waals surface area contributed by atoms with Gasteiger partial charge in [0, 0.05) is 23.8 Å². The third-order valence-corrected chi connectivity index (χ3v) is 7.06. The molecule has 2 aromatic carbocycles. The Hall–Kier alpha value is -4.21. The van der Waals surface area contributed by atoms with Crippen LogP contribution in [0.25, 0.3) is 16.7 Å². The van der Waals surface area contributed by atoms with Gasteiger partial charge in [0.05, 0.1) is 10.9 Å². The SMILES string of the molecule is CCCn1c(=O)c2ccc(C(=O)NC3CCCCC3)cc2n2c(=O)n(CC(=O)Nc3ccc(C)cc3)nc12. The number of aromatic nitrogens is 4. The molecule has 10 nitrogen and oxygen atoms in total. The summed E-state index contributed by atoms with van der Waals surface area (Å²) in [4.78, 5) is 52.6. The van der Waals surface area contributed by atoms with E-state index in [4.69, 9.17) is 0 Å². The molecule has 1 aliphatic carbocycles. The summed E-state index contributed by atoms with van der Waals surface area (Å²) in [7, 11) is 0. The second kappa shape index (κ2) is 10.6. The summed E-state index contributed by atoms with van der Waals surface area (Å²) < 4.78 is 3.82. The van der Waals surface area contributed by atoms with Gasteiger partial charge in [-0.3, -0.25) is 19.0 Å². The molecular weight excluding hydrogens is 484 g/mol. The highest BCUT2D eigenvalue weighted by Crippen LogP contribution is 2.19. The van der Waals surface area contributed by atoms with Crippen molar-refractivity contribution in [1.82, 2.24) is 24.1 Å². The monoisotopic (exact) mass is 516 g/mol. The summed E-state index contributed by atoms with van der Waals surface area (Å²) in [5.74, 6) is -0.509. The maximum Gasteiger partial charge on any atom is 0.352 e. The van der Waals surface area contributed by atoms with Crippen molar-refractivity contribution in [3.63, 3.8) is 0 Å². The fraction of sp³-hybridized carbons (Fsp3) is 0.393. The number of nitrogens with zero attached hydrogens (tertiary/aromatic N) is 4. The molecule has 2 heterocycles. The number of aryl methyl sites for hydroxylation is 2. The highest BCUT2D eigenvalue weighted by molar-refractivity contribution is 5.98. The summed E-state index contributed by atoms with van der Waals surface area (Å²) in [5.41, 5.74) is 1.48. The third kappa shape index (κ3) is 4.98. The zero-order valence-corrected chi connectivity index (χ0v) is 21.7. The molecule has 198 valence electrons. The first-order valence-corrected chi connectivity index (χ1v) is 13.2. The average molecular weight is 517 g/mol. The Labute approximate surface area is 219 Å². The summed E-state index contributed by atoms with van der Waals surface area (Å²) >= 11 is 0. The Kier molecular flexibility index (Phi) is 7.13. The number of nitrogens with one attached hydrogen (secondary N) is 2. The fourth-order valence-corrected chi connectivity index (χ4v) is 5.07. The number of fused-ring (bicyclic) bond motifs is 3. The minimum Gasteiger partial charge on any atom is -0.349 e. The number of benzene rings is 2. The molecule has 0 aliphatic heterocycles. The van der Waals surface area contributed by atoms with Gasteiger partial charge in [0.25, 0.3) is 11.5 Å². The largest absolute Gasteiger partial charge is 0.352 e. The van der Waals surface area contributed by atoms with Crippen LogP contribution in [0.15, 0.2) is 52.1 Å². The van der Waals surface area contributed by atoms with Crippen LogP contribution in [0.3, 0.4) is 0 Å². The Morgan fingerprint density at radius 2 is 1.76 bits per heavy atom. The first kappa shape index (κ1) is 25.4. The minimum absolute atomic E-state index is 0.127. The van der Waals surface area contributed by atoms with Crippen LogP contribution < -0.4 is 21.9 Å². The quantitative estimate of drug-likeness (QED) is 0.391. The van der Waals surface area contributed by atoms with Crippen LogP contribution in [0.1, 0.15) is 61.4 Å². The lowest BCUT2D eigenvalue weighted by Gasteiger charge is -2.22. The molecule has 2 amide bonds. The lowest BCUT2D eigenvalue weighted by Crippen LogP contribution is -2.36. The van der Waals surface area contributed by atoms with Crippen molar-refractivity contribution in [3.05, 3.63) is 74.4 Å². The van der Waals surface area contributed by atoms with Crippen molar-refractivity contribution in [2.24, 2.45) is 0 Å². The van der Waals surface area contributed by atoms with Crippen LogP contribution in [-0.2, 0) is 17.9 Å². The van der Waals surface area contributed by atoms with Crippen LogP contribution in [0, 0.1) is 6.92 Å². The summed E-state index contributed by atoms with van der Waals surface area (Å²) in [6.07, 6.45) is 5.90. The zero-order valence-electron chi connectivity index (χ0n) is 21.7. The van der Waals surface area contributed by atoms with Gasteiger partial charge < -0.3 is 10.6 Å². The fourth-order valence-electron chi connectivity index (χ4n) is 5.07. The van der Waals surface area contributed by atoms with E-state index in [0.29, 0.717) is 35.1 Å². The standard InChI is InChI=1S/C28H32N6O4/c1-3-15-32-26(37)22-14-11-19(25(36)30-20-7-5-4-6-8-20)16-23(22)34-27(32)31-33(28(34)38)17-24(35)29-21-12-9-18(2)10-13-21/h9-14,16,20H,3-8,15,17H2,1-2H3,(H,29,35)(H,30,36). The molecule has 1 aliphatic rings. The summed E-state index contributed by atoms with van der Waals surface area (Å²) in [6.45, 7) is 3.91. The lowest BCUT2D eigenvalue weighted by atomic mass is 9.95. The Morgan fingerprint density at radius 3 is 2.47 bits per heavy atom. The maximum absolute atomic E-state index is 13.5. The first-order chi connectivity index (χ1) is 18.4. The highest BCUT2D eigenvalue weighted by atomic mass is 16.2. The second-order valence-corrected chi connectivity index (χ2v) is 9.99. The predicted molar refractivity (Wildman–Crippen MR) is 146 cm³/mol. The summed E-state index contributed by atoms with van der Waals surface area (Å²) in [6, 6.07) is 12.2. The molecule has 0 radical (unpaired) electrons. The number of hydrogen-bond acceptors (Lipinski definition) is 5. The number of rotatable bonds is 7. The van der Waals surface area contributed by atoms with Gasteiger partial charge in [0.1, 0.15) is 6.54 Å². The maximum atomic E-state index is 13.5. The number of carbonyl (C=O) groups excluding carboxylic acids is 2. The van der Waals surface area contributed by atoms with E-state index in [2.05, 4.69) is 15.7 Å². The number of amides is 2. The second-order valence-electron chi connectivity index (χ2n) is 9.99. The molecule has 38 heavy (non-hydrogen) atoms. The van der Waals surface area contributed by atoms with Gasteiger partial charge in [-0.05, 0) is 56.5 Å². The van der Waals surface area contributed by atoms with Crippen LogP contribution in [0.2, 0.25) is 0 Å². The zero-order chi connectivity index (χ0) is 26.8. The van der Waals surface area contributed by atoms with Crippen molar-refractivity contribution >= 4 is 34.2 Å². The molecule has 4 aromatic rings. The molecule has 0 spiro atoms. The van der Waals surface area contributed by atoms with Crippen molar-refractivity contribution in [1.29, 1.82) is 0 Å². The van der Waals surface area contributed by atoms with E-state index in [1.54, 1.807) is 30.3 Å². The summed E-state index contributed by atoms with van der Waals surface area (Å²) in [5, 5.41) is 10.5. The Balaban J connectivity index is 1.54. The first-order valence-electron chi connectivity index (χ1n) is 13.2. The molecule has 5 rings (SSSR count). The van der Waals surface area contributed by atoms with E-state index in [9.17, 15) is 19.2 Å². The number of hydrogen-bond donors (Lipinski definition) is 2. The van der Waals surface area contributed by atoms with Gasteiger partial charge in [-0.25, -0.2) is 13.9 Å². The molecular formula is C28H32N6O4. The smallest absolute Gasteiger partial charge is 0.349 e. The molecule has 10 heteroatoms. The van der Waals surface area contributed by atoms with E-state index in [0.717, 1.165) is 35.9 Å². The number of anilines is 1. The molecule has 0 saturated heterocycles. The van der Waals surface area contributed by atoms with E-state index < -0.39 is 11.6 Å². The van der Waals surface area contributed by atoms with Crippen molar-refractivity contribution in [2.75, 3.05) is 5.32 Å². The molecule has 1 fully saturated rings. The van der Waals surface area contributed by atoms with Crippen molar-refractivity contribution in [3.8, 4) is 0 Å². The van der Waals surface area contributed by atoms with E-state index in [1.165, 1.54) is 15.4 Å². The highest BCUT2D eigenvalue weighted by Gasteiger charge is 2.21. The van der Waals surface area contributed by atoms with Gasteiger partial charge in [-0.15, -0.1) is 5.10 Å². The molecule has 0 atom stereocenters. The molecule has 0 bridgehead atoms. The number of carbonyl (C=O) groups is 2. The molecule has 2 N–H and O–H groups in total. The van der Waals surface area contributed by atoms with Crippen LogP contribution in [0.4, 0.5) is 5.69 Å². The average Bonchev–Trinajstić information content (AvgIpc) is 3.23. The Morgan fingerprint density at radius 1 is 1.03 bits per heavy atom. The predicted octanol–water partition coefficient (Wildman–Crippen LogP) is 3.23. The van der Waals surface area contributed by atoms with Gasteiger partial charge in [-0.2, -0.15) is 0 Å². The normalized spacial score (nSPS) is 14.2. The van der Waals surface area contributed by atoms with Crippen molar-refractivity contribution in [2.45, 2.75) is 71.5 Å². The van der Waals surface area contributed by atoms with Gasteiger partial charge in [0.2, 0.25) is 11.7 Å². The molecule has 1 saturated carbocycles. The third-order valence-electron chi connectivity index (χ3n) is 7.06. The molecule has 2 aromatic heterocycles. The van der Waals surface area contributed by atoms with Gasteiger partial charge >= 0.3 is 5.69 Å². The lowest BCUT2D eigenvalue weighted by molar-refractivity contribution is -0.117. The van der Waals surface area contributed by atoms with E-state index in [-0.39, 0.29) is 29.8 Å². The van der Waals surface area contributed by atoms with Gasteiger partial charge in [0.15, 0.2) is 0 Å². The Bertz CT molecular complexity index is 1620. The molecule has 0 unspecified atom stereocenters.